The number of hydrogen-bond acceptors (Lipinski definition) is 6. The molecule has 0 saturated carbocycles. The molecule has 0 spiro atoms. The number of nitriles is 1. The Balaban J connectivity index is 2.13. The fourth-order valence-electron chi connectivity index (χ4n) is 3.47. The van der Waals surface area contributed by atoms with Crippen LogP contribution < -0.4 is 4.90 Å². The van der Waals surface area contributed by atoms with E-state index in [1.165, 1.54) is 25.3 Å². The SMILES string of the molecule is CCS(=O)(=O)c1cc(C(C)(C)C#N)cnc1-c1cc2c(cn1)N(CC(F)(F)C(F)(F)F)C(=O)CC2. The van der Waals surface area contributed by atoms with Gasteiger partial charge in [0.15, 0.2) is 9.84 Å². The number of hydrogen-bond donors (Lipinski definition) is 0. The molecule has 0 aliphatic carbocycles. The van der Waals surface area contributed by atoms with Crippen LogP contribution in [0.25, 0.3) is 11.4 Å². The first-order chi connectivity index (χ1) is 16.0. The average molecular weight is 516 g/mol. The third-order valence-corrected chi connectivity index (χ3v) is 7.49. The molecule has 0 saturated heterocycles. The zero-order valence-electron chi connectivity index (χ0n) is 18.9. The van der Waals surface area contributed by atoms with E-state index in [2.05, 4.69) is 16.0 Å². The highest BCUT2D eigenvalue weighted by molar-refractivity contribution is 7.91. The Bertz CT molecular complexity index is 1320. The topological polar surface area (TPSA) is 104 Å². The van der Waals surface area contributed by atoms with Crippen molar-refractivity contribution in [3.8, 4) is 17.5 Å². The minimum absolute atomic E-state index is 0.0349. The van der Waals surface area contributed by atoms with Gasteiger partial charge in [-0.3, -0.25) is 14.8 Å². The summed E-state index contributed by atoms with van der Waals surface area (Å²) in [4.78, 5) is 20.6. The van der Waals surface area contributed by atoms with Gasteiger partial charge in [0.1, 0.15) is 5.69 Å². The molecule has 7 nitrogen and oxygen atoms in total. The van der Waals surface area contributed by atoms with Crippen molar-refractivity contribution in [2.24, 2.45) is 0 Å². The van der Waals surface area contributed by atoms with Crippen molar-refractivity contribution in [1.29, 1.82) is 5.26 Å². The standard InChI is InChI=1S/C22H21F5N4O3S/c1-4-35(33,34)17-8-14(20(2,3)11-28)9-30-19(17)15-7-13-5-6-18(32)31(16(13)10-29-15)12-21(23,24)22(25,26)27/h7-10H,4-6,12H2,1-3H3. The molecule has 0 radical (unpaired) electrons. The van der Waals surface area contributed by atoms with E-state index in [1.54, 1.807) is 13.8 Å². The van der Waals surface area contributed by atoms with E-state index in [9.17, 15) is 40.4 Å². The molecule has 0 unspecified atom stereocenters. The lowest BCUT2D eigenvalue weighted by Crippen LogP contribution is -2.50. The van der Waals surface area contributed by atoms with E-state index in [4.69, 9.17) is 0 Å². The van der Waals surface area contributed by atoms with Gasteiger partial charge in [-0.25, -0.2) is 8.42 Å². The molecular formula is C22H21F5N4O3S. The molecule has 3 rings (SSSR count). The Labute approximate surface area is 198 Å². The van der Waals surface area contributed by atoms with E-state index in [1.807, 2.05) is 0 Å². The van der Waals surface area contributed by atoms with Crippen molar-refractivity contribution >= 4 is 21.4 Å². The van der Waals surface area contributed by atoms with Gasteiger partial charge in [0.25, 0.3) is 0 Å². The van der Waals surface area contributed by atoms with Crippen molar-refractivity contribution in [3.63, 3.8) is 0 Å². The lowest BCUT2D eigenvalue weighted by atomic mass is 9.87. The molecule has 1 aliphatic heterocycles. The van der Waals surface area contributed by atoms with Gasteiger partial charge in [0.05, 0.1) is 46.3 Å². The van der Waals surface area contributed by atoms with Crippen molar-refractivity contribution in [1.82, 2.24) is 9.97 Å². The Hall–Kier alpha value is -3.14. The highest BCUT2D eigenvalue weighted by atomic mass is 32.2. The first-order valence-corrected chi connectivity index (χ1v) is 12.1. The number of alkyl halides is 5. The Kier molecular flexibility index (Phi) is 6.67. The molecule has 0 fully saturated rings. The van der Waals surface area contributed by atoms with Crippen LogP contribution in [0.4, 0.5) is 27.6 Å². The summed E-state index contributed by atoms with van der Waals surface area (Å²) < 4.78 is 91.1. The molecule has 1 amide bonds. The second-order valence-electron chi connectivity index (χ2n) is 8.59. The monoisotopic (exact) mass is 516 g/mol. The van der Waals surface area contributed by atoms with Crippen LogP contribution in [0.2, 0.25) is 0 Å². The van der Waals surface area contributed by atoms with Gasteiger partial charge >= 0.3 is 12.1 Å². The van der Waals surface area contributed by atoms with Crippen LogP contribution in [0, 0.1) is 11.3 Å². The molecule has 1 aliphatic rings. The number of sulfone groups is 1. The Morgan fingerprint density at radius 2 is 1.74 bits per heavy atom. The molecule has 2 aromatic rings. The molecule has 0 bridgehead atoms. The molecule has 188 valence electrons. The minimum atomic E-state index is -5.84. The molecule has 0 N–H and O–H groups in total. The average Bonchev–Trinajstić information content (AvgIpc) is 2.79. The molecular weight excluding hydrogens is 495 g/mol. The number of fused-ring (bicyclic) bond motifs is 1. The Morgan fingerprint density at radius 3 is 2.31 bits per heavy atom. The lowest BCUT2D eigenvalue weighted by molar-refractivity contribution is -0.276. The summed E-state index contributed by atoms with van der Waals surface area (Å²) in [6.07, 6.45) is -3.83. The molecule has 0 aromatic carbocycles. The van der Waals surface area contributed by atoms with E-state index in [0.717, 1.165) is 6.20 Å². The van der Waals surface area contributed by atoms with Crippen molar-refractivity contribution in [2.75, 3.05) is 17.2 Å². The number of anilines is 1. The van der Waals surface area contributed by atoms with Gasteiger partial charge in [-0.15, -0.1) is 0 Å². The number of carbonyl (C=O) groups excluding carboxylic acids is 1. The predicted octanol–water partition coefficient (Wildman–Crippen LogP) is 4.22. The van der Waals surface area contributed by atoms with E-state index in [-0.39, 0.29) is 46.1 Å². The number of rotatable bonds is 6. The summed E-state index contributed by atoms with van der Waals surface area (Å²) >= 11 is 0. The summed E-state index contributed by atoms with van der Waals surface area (Å²) in [5, 5.41) is 9.40. The van der Waals surface area contributed by atoms with Crippen LogP contribution in [0.1, 0.15) is 38.3 Å². The highest BCUT2D eigenvalue weighted by Gasteiger charge is 2.59. The molecule has 2 aromatic heterocycles. The van der Waals surface area contributed by atoms with Gasteiger partial charge < -0.3 is 4.90 Å². The zero-order chi connectivity index (χ0) is 26.4. The van der Waals surface area contributed by atoms with Gasteiger partial charge in [0, 0.05) is 12.6 Å². The number of nitrogens with zero attached hydrogens (tertiary/aromatic N) is 4. The van der Waals surface area contributed by atoms with Crippen LogP contribution in [0.3, 0.4) is 0 Å². The van der Waals surface area contributed by atoms with Crippen LogP contribution >= 0.6 is 0 Å². The Morgan fingerprint density at radius 1 is 1.09 bits per heavy atom. The number of aromatic nitrogens is 2. The maximum absolute atomic E-state index is 13.7. The summed E-state index contributed by atoms with van der Waals surface area (Å²) in [6, 6.07) is 4.71. The van der Waals surface area contributed by atoms with Crippen LogP contribution in [-0.4, -0.2) is 48.7 Å². The smallest absolute Gasteiger partial charge is 0.304 e. The minimum Gasteiger partial charge on any atom is -0.304 e. The summed E-state index contributed by atoms with van der Waals surface area (Å²) in [6.45, 7) is 2.71. The van der Waals surface area contributed by atoms with Gasteiger partial charge in [-0.2, -0.15) is 27.2 Å². The molecule has 35 heavy (non-hydrogen) atoms. The fraction of sp³-hybridized carbons (Fsp3) is 0.455. The van der Waals surface area contributed by atoms with E-state index < -0.39 is 39.8 Å². The van der Waals surface area contributed by atoms with Crippen LogP contribution in [0.15, 0.2) is 29.4 Å². The predicted molar refractivity (Wildman–Crippen MR) is 116 cm³/mol. The van der Waals surface area contributed by atoms with Gasteiger partial charge in [0.2, 0.25) is 5.91 Å². The number of amides is 1. The van der Waals surface area contributed by atoms with E-state index >= 15 is 0 Å². The number of halogens is 5. The molecule has 3 heterocycles. The number of pyridine rings is 2. The normalized spacial score (nSPS) is 15.1. The third-order valence-electron chi connectivity index (χ3n) is 5.75. The maximum atomic E-state index is 13.7. The van der Waals surface area contributed by atoms with E-state index in [0.29, 0.717) is 10.5 Å². The largest absolute Gasteiger partial charge is 0.455 e. The highest BCUT2D eigenvalue weighted by Crippen LogP contribution is 2.39. The quantitative estimate of drug-likeness (QED) is 0.533. The fourth-order valence-corrected chi connectivity index (χ4v) is 4.54. The van der Waals surface area contributed by atoms with Crippen molar-refractivity contribution in [3.05, 3.63) is 35.7 Å². The lowest BCUT2D eigenvalue weighted by Gasteiger charge is -2.32. The number of carbonyl (C=O) groups is 1. The first kappa shape index (κ1) is 26.5. The van der Waals surface area contributed by atoms with Crippen LogP contribution in [-0.2, 0) is 26.5 Å². The summed E-state index contributed by atoms with van der Waals surface area (Å²) in [7, 11) is -3.85. The number of aryl methyl sites for hydroxylation is 1. The second-order valence-corrected chi connectivity index (χ2v) is 10.8. The molecule has 13 heteroatoms. The molecule has 0 atom stereocenters. The van der Waals surface area contributed by atoms with Crippen LogP contribution in [0.5, 0.6) is 0 Å². The van der Waals surface area contributed by atoms with Crippen molar-refractivity contribution in [2.45, 2.75) is 56.0 Å². The summed E-state index contributed by atoms with van der Waals surface area (Å²) in [5.74, 6) is -6.33. The third kappa shape index (κ3) is 4.98. The first-order valence-electron chi connectivity index (χ1n) is 10.4. The second kappa shape index (κ2) is 8.82. The summed E-state index contributed by atoms with van der Waals surface area (Å²) in [5.41, 5.74) is -0.686. The maximum Gasteiger partial charge on any atom is 0.455 e. The van der Waals surface area contributed by atoms with Gasteiger partial charge in [-0.1, -0.05) is 6.92 Å². The zero-order valence-corrected chi connectivity index (χ0v) is 19.8. The van der Waals surface area contributed by atoms with Gasteiger partial charge in [-0.05, 0) is 43.5 Å². The van der Waals surface area contributed by atoms with Crippen molar-refractivity contribution < 1.29 is 35.2 Å².